The van der Waals surface area contributed by atoms with Gasteiger partial charge in [0.05, 0.1) is 0 Å². The van der Waals surface area contributed by atoms with Gasteiger partial charge >= 0.3 is 119 Å². The zero-order valence-electron chi connectivity index (χ0n) is 12.9. The van der Waals surface area contributed by atoms with E-state index in [0.717, 1.165) is 11.0 Å². The second-order valence-corrected chi connectivity index (χ2v) is 9.31. The summed E-state index contributed by atoms with van der Waals surface area (Å²) in [6.07, 6.45) is 0. The summed E-state index contributed by atoms with van der Waals surface area (Å²) in [7, 11) is 9.63. The van der Waals surface area contributed by atoms with Crippen molar-refractivity contribution in [3.05, 3.63) is 24.3 Å². The van der Waals surface area contributed by atoms with Crippen LogP contribution < -0.4 is 4.62 Å². The Morgan fingerprint density at radius 2 is 1.50 bits per heavy atom. The number of benzene rings is 1. The van der Waals surface area contributed by atoms with Crippen LogP contribution in [0.5, 0.6) is 0 Å². The molecule has 1 aromatic carbocycles. The van der Waals surface area contributed by atoms with E-state index in [-0.39, 0.29) is 0 Å². The quantitative estimate of drug-likeness (QED) is 0.766. The van der Waals surface area contributed by atoms with E-state index in [1.165, 1.54) is 4.85 Å². The molecule has 0 radical (unpaired) electrons. The van der Waals surface area contributed by atoms with E-state index in [0.29, 0.717) is 0 Å². The molecule has 0 N–H and O–H groups in total. The Hall–Kier alpha value is -1.27. The van der Waals surface area contributed by atoms with E-state index in [4.69, 9.17) is 4.62 Å². The molecule has 0 aliphatic rings. The van der Waals surface area contributed by atoms with Crippen LogP contribution in [0.1, 0.15) is 0 Å². The molecule has 0 aliphatic heterocycles. The third-order valence-electron chi connectivity index (χ3n) is 3.28. The van der Waals surface area contributed by atoms with Crippen molar-refractivity contribution in [3.63, 3.8) is 0 Å². The predicted molar refractivity (Wildman–Crippen MR) is 83.5 cm³/mol. The molecule has 0 unspecified atom stereocenters. The summed E-state index contributed by atoms with van der Waals surface area (Å²) in [5.41, 5.74) is 1.70. The molecule has 20 heavy (non-hydrogen) atoms. The summed E-state index contributed by atoms with van der Waals surface area (Å²) >= 11 is 0. The van der Waals surface area contributed by atoms with Gasteiger partial charge in [0.25, 0.3) is 0 Å². The summed E-state index contributed by atoms with van der Waals surface area (Å²) in [5.74, 6) is 0. The average molecular weight is 298 g/mol. The van der Waals surface area contributed by atoms with Crippen LogP contribution in [0.15, 0.2) is 24.3 Å². The topological polar surface area (TPSA) is 49.7 Å². The number of hydrogen-bond acceptors (Lipinski definition) is 6. The molecule has 0 saturated carbocycles. The molecule has 0 fully saturated rings. The fourth-order valence-corrected chi connectivity index (χ4v) is 5.73. The maximum atomic E-state index is 6.30. The summed E-state index contributed by atoms with van der Waals surface area (Å²) in [6.45, 7) is 0. The van der Waals surface area contributed by atoms with Crippen molar-refractivity contribution in [2.45, 2.75) is 0 Å². The second-order valence-electron chi connectivity index (χ2n) is 5.30. The van der Waals surface area contributed by atoms with Crippen LogP contribution in [-0.2, 0) is 0 Å². The van der Waals surface area contributed by atoms with Gasteiger partial charge < -0.3 is 0 Å². The van der Waals surface area contributed by atoms with Crippen LogP contribution in [0.3, 0.4) is 0 Å². The molecule has 0 amide bonds. The van der Waals surface area contributed by atoms with Gasteiger partial charge in [0.15, 0.2) is 0 Å². The molecule has 0 aliphatic carbocycles. The Morgan fingerprint density at radius 1 is 0.950 bits per heavy atom. The molecule has 1 heterocycles. The number of para-hydroxylation sites is 1. The van der Waals surface area contributed by atoms with Gasteiger partial charge in [0, 0.05) is 0 Å². The van der Waals surface area contributed by atoms with Gasteiger partial charge in [-0.3, -0.25) is 0 Å². The SMILES string of the molecule is CN(C)[PH](On1nnc2ccccc21)(N(C)C)N(C)C. The Bertz CT molecular complexity index is 560. The van der Waals surface area contributed by atoms with Crippen molar-refractivity contribution in [3.8, 4) is 0 Å². The molecule has 112 valence electrons. The minimum absolute atomic E-state index is 0.826. The molecule has 0 atom stereocenters. The van der Waals surface area contributed by atoms with E-state index in [1.54, 1.807) is 0 Å². The normalized spacial score (nSPS) is 13.7. The summed E-state index contributed by atoms with van der Waals surface area (Å²) in [4.78, 5) is 1.53. The van der Waals surface area contributed by atoms with Crippen LogP contribution in [0.4, 0.5) is 0 Å². The summed E-state index contributed by atoms with van der Waals surface area (Å²) in [5, 5.41) is 8.26. The first kappa shape index (κ1) is 15.1. The van der Waals surface area contributed by atoms with Gasteiger partial charge in [0.2, 0.25) is 0 Å². The average Bonchev–Trinajstić information content (AvgIpc) is 2.77. The van der Waals surface area contributed by atoms with E-state index < -0.39 is 7.94 Å². The second kappa shape index (κ2) is 5.61. The number of fused-ring (bicyclic) bond motifs is 1. The molecule has 2 rings (SSSR count). The Morgan fingerprint density at radius 3 is 2.05 bits per heavy atom. The molecule has 8 heteroatoms. The first-order valence-corrected chi connectivity index (χ1v) is 8.17. The molecule has 0 saturated heterocycles. The van der Waals surface area contributed by atoms with E-state index in [9.17, 15) is 0 Å². The Labute approximate surface area is 120 Å². The molecular weight excluding hydrogens is 275 g/mol. The van der Waals surface area contributed by atoms with Crippen LogP contribution in [0.25, 0.3) is 11.0 Å². The van der Waals surface area contributed by atoms with Gasteiger partial charge in [-0.15, -0.1) is 0 Å². The molecule has 7 nitrogen and oxygen atoms in total. The number of hydrogen-bond donors (Lipinski definition) is 0. The Balaban J connectivity index is 2.47. The molecule has 0 spiro atoms. The van der Waals surface area contributed by atoms with Crippen LogP contribution in [-0.4, -0.2) is 71.5 Å². The third kappa shape index (κ3) is 2.38. The fourth-order valence-electron chi connectivity index (χ4n) is 2.48. The van der Waals surface area contributed by atoms with Gasteiger partial charge in [-0.1, -0.05) is 0 Å². The van der Waals surface area contributed by atoms with E-state index in [2.05, 4.69) is 24.3 Å². The summed E-state index contributed by atoms with van der Waals surface area (Å²) < 4.78 is 12.6. The molecule has 2 aromatic rings. The van der Waals surface area contributed by atoms with Crippen molar-refractivity contribution < 1.29 is 4.62 Å². The monoisotopic (exact) mass is 298 g/mol. The summed E-state index contributed by atoms with van der Waals surface area (Å²) in [6, 6.07) is 7.77. The van der Waals surface area contributed by atoms with Crippen LogP contribution >= 0.6 is 7.94 Å². The van der Waals surface area contributed by atoms with Gasteiger partial charge in [-0.25, -0.2) is 0 Å². The maximum absolute atomic E-state index is 6.30. The number of nitrogens with zero attached hydrogens (tertiary/aromatic N) is 6. The molecule has 1 aromatic heterocycles. The zero-order valence-corrected chi connectivity index (χ0v) is 13.9. The van der Waals surface area contributed by atoms with Crippen molar-refractivity contribution >= 4 is 19.0 Å². The fraction of sp³-hybridized carbons (Fsp3) is 0.500. The van der Waals surface area contributed by atoms with Gasteiger partial charge in [-0.2, -0.15) is 0 Å². The van der Waals surface area contributed by atoms with Crippen LogP contribution in [0.2, 0.25) is 0 Å². The van der Waals surface area contributed by atoms with E-state index >= 15 is 0 Å². The van der Waals surface area contributed by atoms with Crippen molar-refractivity contribution in [1.29, 1.82) is 0 Å². The van der Waals surface area contributed by atoms with Crippen molar-refractivity contribution in [1.82, 2.24) is 29.2 Å². The first-order valence-electron chi connectivity index (χ1n) is 6.42. The van der Waals surface area contributed by atoms with Crippen molar-refractivity contribution in [2.24, 2.45) is 0 Å². The molecular formula is C12H23N6OP. The van der Waals surface area contributed by atoms with E-state index in [1.807, 2.05) is 66.6 Å². The zero-order chi connectivity index (χ0) is 14.9. The van der Waals surface area contributed by atoms with Crippen LogP contribution in [0, 0.1) is 0 Å². The predicted octanol–water partition coefficient (Wildman–Crippen LogP) is 0.955. The number of aromatic nitrogens is 3. The molecule has 0 bridgehead atoms. The standard InChI is InChI=1S/C12H23N6OP/c1-15(2)20(16(3)4,17(5)6)19-18-12-10-8-7-9-11(12)13-14-18/h7-10,20H,1-6H3. The minimum atomic E-state index is -2.49. The first-order chi connectivity index (χ1) is 9.39. The van der Waals surface area contributed by atoms with Gasteiger partial charge in [0.1, 0.15) is 0 Å². The van der Waals surface area contributed by atoms with Gasteiger partial charge in [-0.05, 0) is 0 Å². The van der Waals surface area contributed by atoms with Crippen molar-refractivity contribution in [2.75, 3.05) is 42.3 Å². The Kier molecular flexibility index (Phi) is 4.25. The number of rotatable bonds is 5. The third-order valence-corrected chi connectivity index (χ3v) is 7.19.